The molecule has 102 valence electrons. The third-order valence-electron chi connectivity index (χ3n) is 2.77. The SMILES string of the molecule is CC(C)(C)c1nc(-c2c(F)cccc2Br)sc1CN. The second-order valence-electron chi connectivity index (χ2n) is 5.34. The molecule has 1 heterocycles. The molecular weight excluding hydrogens is 327 g/mol. The van der Waals surface area contributed by atoms with Gasteiger partial charge in [-0.1, -0.05) is 26.8 Å². The lowest BCUT2D eigenvalue weighted by molar-refractivity contribution is 0.566. The summed E-state index contributed by atoms with van der Waals surface area (Å²) in [5.41, 5.74) is 7.14. The molecule has 0 saturated carbocycles. The Kier molecular flexibility index (Phi) is 4.08. The zero-order valence-electron chi connectivity index (χ0n) is 11.1. The zero-order chi connectivity index (χ0) is 14.2. The predicted molar refractivity (Wildman–Crippen MR) is 81.8 cm³/mol. The standard InChI is InChI=1S/C14H16BrFN2S/c1-14(2,3)12-10(7-17)19-13(18-12)11-8(15)5-4-6-9(11)16/h4-6H,7,17H2,1-3H3. The smallest absolute Gasteiger partial charge is 0.134 e. The number of hydrogen-bond acceptors (Lipinski definition) is 3. The molecule has 2 nitrogen and oxygen atoms in total. The first kappa shape index (κ1) is 14.6. The number of aromatic nitrogens is 1. The monoisotopic (exact) mass is 342 g/mol. The third kappa shape index (κ3) is 2.88. The Morgan fingerprint density at radius 1 is 1.37 bits per heavy atom. The first-order valence-electron chi connectivity index (χ1n) is 5.99. The van der Waals surface area contributed by atoms with Crippen molar-refractivity contribution in [2.45, 2.75) is 32.7 Å². The summed E-state index contributed by atoms with van der Waals surface area (Å²) in [5.74, 6) is -0.271. The molecule has 0 aliphatic rings. The molecule has 0 saturated heterocycles. The van der Waals surface area contributed by atoms with Crippen LogP contribution in [0.25, 0.3) is 10.6 Å². The van der Waals surface area contributed by atoms with Crippen LogP contribution in [0, 0.1) is 5.82 Å². The van der Waals surface area contributed by atoms with Crippen molar-refractivity contribution in [2.75, 3.05) is 0 Å². The summed E-state index contributed by atoms with van der Waals surface area (Å²) >= 11 is 4.85. The topological polar surface area (TPSA) is 38.9 Å². The highest BCUT2D eigenvalue weighted by Gasteiger charge is 2.24. The summed E-state index contributed by atoms with van der Waals surface area (Å²) in [4.78, 5) is 5.62. The molecule has 19 heavy (non-hydrogen) atoms. The molecule has 2 aromatic rings. The Balaban J connectivity index is 2.62. The molecule has 0 spiro atoms. The molecule has 0 unspecified atom stereocenters. The maximum atomic E-state index is 14.0. The maximum absolute atomic E-state index is 14.0. The van der Waals surface area contributed by atoms with Crippen molar-refractivity contribution in [1.29, 1.82) is 0 Å². The average Bonchev–Trinajstić information content (AvgIpc) is 2.72. The Morgan fingerprint density at radius 2 is 2.05 bits per heavy atom. The third-order valence-corrected chi connectivity index (χ3v) is 4.53. The van der Waals surface area contributed by atoms with E-state index in [1.807, 2.05) is 6.07 Å². The van der Waals surface area contributed by atoms with Gasteiger partial charge in [-0.25, -0.2) is 9.37 Å². The molecule has 0 radical (unpaired) electrons. The molecule has 0 atom stereocenters. The van der Waals surface area contributed by atoms with E-state index in [9.17, 15) is 4.39 Å². The van der Waals surface area contributed by atoms with Crippen molar-refractivity contribution in [3.8, 4) is 10.6 Å². The van der Waals surface area contributed by atoms with Crippen molar-refractivity contribution in [2.24, 2.45) is 5.73 Å². The zero-order valence-corrected chi connectivity index (χ0v) is 13.5. The van der Waals surface area contributed by atoms with Gasteiger partial charge in [0.2, 0.25) is 0 Å². The molecule has 5 heteroatoms. The predicted octanol–water partition coefficient (Wildman–Crippen LogP) is 4.47. The van der Waals surface area contributed by atoms with E-state index in [1.165, 1.54) is 17.4 Å². The molecular formula is C14H16BrFN2S. The van der Waals surface area contributed by atoms with Gasteiger partial charge in [0.05, 0.1) is 11.3 Å². The first-order valence-corrected chi connectivity index (χ1v) is 7.60. The Bertz CT molecular complexity index is 582. The van der Waals surface area contributed by atoms with Gasteiger partial charge in [0.1, 0.15) is 10.8 Å². The van der Waals surface area contributed by atoms with E-state index < -0.39 is 0 Å². The highest BCUT2D eigenvalue weighted by atomic mass is 79.9. The van der Waals surface area contributed by atoms with Crippen LogP contribution in [0.15, 0.2) is 22.7 Å². The fraction of sp³-hybridized carbons (Fsp3) is 0.357. The van der Waals surface area contributed by atoms with Crippen LogP contribution in [0.4, 0.5) is 4.39 Å². The van der Waals surface area contributed by atoms with Crippen molar-refractivity contribution in [3.05, 3.63) is 39.1 Å². The van der Waals surface area contributed by atoms with Crippen molar-refractivity contribution >= 4 is 27.3 Å². The van der Waals surface area contributed by atoms with Crippen LogP contribution < -0.4 is 5.73 Å². The highest BCUT2D eigenvalue weighted by molar-refractivity contribution is 9.10. The van der Waals surface area contributed by atoms with Gasteiger partial charge in [-0.05, 0) is 28.1 Å². The summed E-state index contributed by atoms with van der Waals surface area (Å²) in [6, 6.07) is 4.93. The molecule has 0 aliphatic carbocycles. The van der Waals surface area contributed by atoms with Gasteiger partial charge < -0.3 is 5.73 Å². The van der Waals surface area contributed by atoms with Crippen molar-refractivity contribution in [3.63, 3.8) is 0 Å². The number of nitrogens with two attached hydrogens (primary N) is 1. The van der Waals surface area contributed by atoms with Crippen LogP contribution in [-0.2, 0) is 12.0 Å². The van der Waals surface area contributed by atoms with Crippen molar-refractivity contribution in [1.82, 2.24) is 4.98 Å². The summed E-state index contributed by atoms with van der Waals surface area (Å²) < 4.78 is 14.7. The van der Waals surface area contributed by atoms with Gasteiger partial charge in [-0.15, -0.1) is 11.3 Å². The first-order chi connectivity index (χ1) is 8.84. The van der Waals surface area contributed by atoms with Gasteiger partial charge >= 0.3 is 0 Å². The minimum absolute atomic E-state index is 0.0960. The maximum Gasteiger partial charge on any atom is 0.134 e. The van der Waals surface area contributed by atoms with Crippen LogP contribution in [0.2, 0.25) is 0 Å². The van der Waals surface area contributed by atoms with E-state index in [0.717, 1.165) is 10.6 Å². The fourth-order valence-electron chi connectivity index (χ4n) is 1.89. The van der Waals surface area contributed by atoms with Crippen LogP contribution in [0.5, 0.6) is 0 Å². The molecule has 0 aliphatic heterocycles. The fourth-order valence-corrected chi connectivity index (χ4v) is 3.76. The molecule has 0 bridgehead atoms. The lowest BCUT2D eigenvalue weighted by Crippen LogP contribution is -2.15. The normalized spacial score (nSPS) is 11.9. The van der Waals surface area contributed by atoms with Crippen molar-refractivity contribution < 1.29 is 4.39 Å². The number of benzene rings is 1. The van der Waals surface area contributed by atoms with Gasteiger partial charge in [0.15, 0.2) is 0 Å². The van der Waals surface area contributed by atoms with Crippen LogP contribution in [-0.4, -0.2) is 4.98 Å². The second kappa shape index (κ2) is 5.31. The molecule has 2 N–H and O–H groups in total. The number of thiazole rings is 1. The number of hydrogen-bond donors (Lipinski definition) is 1. The second-order valence-corrected chi connectivity index (χ2v) is 7.28. The quantitative estimate of drug-likeness (QED) is 0.874. The van der Waals surface area contributed by atoms with E-state index in [4.69, 9.17) is 5.73 Å². The average molecular weight is 343 g/mol. The van der Waals surface area contributed by atoms with Gasteiger partial charge in [-0.2, -0.15) is 0 Å². The number of rotatable bonds is 2. The van der Waals surface area contributed by atoms with E-state index in [2.05, 4.69) is 41.7 Å². The van der Waals surface area contributed by atoms with Gasteiger partial charge in [0.25, 0.3) is 0 Å². The van der Waals surface area contributed by atoms with E-state index in [1.54, 1.807) is 6.07 Å². The Hall–Kier alpha value is -0.780. The lowest BCUT2D eigenvalue weighted by Gasteiger charge is -2.16. The van der Waals surface area contributed by atoms with Crippen LogP contribution >= 0.6 is 27.3 Å². The molecule has 0 amide bonds. The van der Waals surface area contributed by atoms with Crippen LogP contribution in [0.1, 0.15) is 31.3 Å². The molecule has 2 rings (SSSR count). The number of halogens is 2. The largest absolute Gasteiger partial charge is 0.326 e. The molecule has 1 aromatic carbocycles. The van der Waals surface area contributed by atoms with Crippen LogP contribution in [0.3, 0.4) is 0 Å². The summed E-state index contributed by atoms with van der Waals surface area (Å²) in [7, 11) is 0. The minimum atomic E-state index is -0.271. The Labute approximate surface area is 125 Å². The van der Waals surface area contributed by atoms with E-state index in [0.29, 0.717) is 21.6 Å². The molecule has 1 aromatic heterocycles. The minimum Gasteiger partial charge on any atom is -0.326 e. The molecule has 0 fully saturated rings. The number of nitrogens with zero attached hydrogens (tertiary/aromatic N) is 1. The van der Waals surface area contributed by atoms with Gasteiger partial charge in [-0.3, -0.25) is 0 Å². The van der Waals surface area contributed by atoms with E-state index >= 15 is 0 Å². The van der Waals surface area contributed by atoms with Gasteiger partial charge in [0, 0.05) is 21.3 Å². The highest BCUT2D eigenvalue weighted by Crippen LogP contribution is 2.38. The Morgan fingerprint density at radius 3 is 2.53 bits per heavy atom. The van der Waals surface area contributed by atoms with E-state index in [-0.39, 0.29) is 11.2 Å². The summed E-state index contributed by atoms with van der Waals surface area (Å²) in [6.45, 7) is 6.68. The lowest BCUT2D eigenvalue weighted by atomic mass is 9.91. The summed E-state index contributed by atoms with van der Waals surface area (Å²) in [6.07, 6.45) is 0. The summed E-state index contributed by atoms with van der Waals surface area (Å²) in [5, 5.41) is 0.676.